The van der Waals surface area contributed by atoms with Crippen LogP contribution in [0.3, 0.4) is 0 Å². The Morgan fingerprint density at radius 3 is 2.67 bits per heavy atom. The second-order valence-electron chi connectivity index (χ2n) is 4.07. The summed E-state index contributed by atoms with van der Waals surface area (Å²) in [7, 11) is 3.37. The molecule has 0 aliphatic carbocycles. The number of esters is 1. The average Bonchev–Trinajstić information content (AvgIpc) is 2.67. The number of rotatable bonds is 2. The van der Waals surface area contributed by atoms with Gasteiger partial charge in [-0.3, -0.25) is 9.59 Å². The molecule has 1 heterocycles. The van der Waals surface area contributed by atoms with Crippen molar-refractivity contribution in [2.75, 3.05) is 14.1 Å². The Kier molecular flexibility index (Phi) is 3.01. The molecule has 0 atom stereocenters. The number of aromatic nitrogens is 2. The summed E-state index contributed by atoms with van der Waals surface area (Å²) in [5.74, 6) is -0.542. The summed E-state index contributed by atoms with van der Waals surface area (Å²) in [5, 5.41) is 0. The lowest BCUT2D eigenvalue weighted by atomic mass is 10.2. The van der Waals surface area contributed by atoms with Crippen molar-refractivity contribution in [2.24, 2.45) is 0 Å². The Morgan fingerprint density at radius 1 is 1.33 bits per heavy atom. The number of benzene rings is 1. The Bertz CT molecular complexity index is 616. The van der Waals surface area contributed by atoms with Gasteiger partial charge in [-0.05, 0) is 18.2 Å². The molecule has 0 unspecified atom stereocenters. The zero-order valence-corrected chi connectivity index (χ0v) is 10.4. The SMILES string of the molecule is CC(=O)Oc1nc2ccc(C(=O)N(C)C)cc2[nH]1. The molecule has 0 saturated heterocycles. The van der Waals surface area contributed by atoms with Crippen molar-refractivity contribution in [3.63, 3.8) is 0 Å². The third-order valence-electron chi connectivity index (χ3n) is 2.35. The number of imidazole rings is 1. The maximum Gasteiger partial charge on any atom is 0.310 e. The van der Waals surface area contributed by atoms with Crippen LogP contribution in [-0.4, -0.2) is 40.8 Å². The summed E-state index contributed by atoms with van der Waals surface area (Å²) >= 11 is 0. The second kappa shape index (κ2) is 4.48. The van der Waals surface area contributed by atoms with E-state index in [0.29, 0.717) is 16.6 Å². The molecular formula is C12H13N3O3. The molecule has 6 nitrogen and oxygen atoms in total. The number of nitrogens with zero attached hydrogens (tertiary/aromatic N) is 2. The molecule has 2 rings (SSSR count). The lowest BCUT2D eigenvalue weighted by Crippen LogP contribution is -2.21. The molecule has 2 aromatic rings. The predicted octanol–water partition coefficient (Wildman–Crippen LogP) is 1.19. The minimum atomic E-state index is -0.446. The number of carbonyl (C=O) groups excluding carboxylic acids is 2. The van der Waals surface area contributed by atoms with E-state index in [1.807, 2.05) is 0 Å². The van der Waals surface area contributed by atoms with Gasteiger partial charge in [0.2, 0.25) is 0 Å². The van der Waals surface area contributed by atoms with Gasteiger partial charge in [0.05, 0.1) is 11.0 Å². The summed E-state index contributed by atoms with van der Waals surface area (Å²) in [6.07, 6.45) is 0. The predicted molar refractivity (Wildman–Crippen MR) is 65.4 cm³/mol. The van der Waals surface area contributed by atoms with Crippen LogP contribution in [-0.2, 0) is 4.79 Å². The molecule has 0 spiro atoms. The van der Waals surface area contributed by atoms with Crippen LogP contribution in [0.5, 0.6) is 6.01 Å². The van der Waals surface area contributed by atoms with Gasteiger partial charge in [0.15, 0.2) is 0 Å². The standard InChI is InChI=1S/C12H13N3O3/c1-7(16)18-12-13-9-5-4-8(6-10(9)14-12)11(17)15(2)3/h4-6H,1-3H3,(H,13,14). The van der Waals surface area contributed by atoms with Crippen molar-refractivity contribution in [3.8, 4) is 6.01 Å². The van der Waals surface area contributed by atoms with E-state index in [4.69, 9.17) is 4.74 Å². The van der Waals surface area contributed by atoms with Crippen LogP contribution < -0.4 is 4.74 Å². The summed E-state index contributed by atoms with van der Waals surface area (Å²) in [5.41, 5.74) is 1.84. The smallest absolute Gasteiger partial charge is 0.310 e. The van der Waals surface area contributed by atoms with Crippen LogP contribution in [0, 0.1) is 0 Å². The maximum atomic E-state index is 11.8. The highest BCUT2D eigenvalue weighted by atomic mass is 16.5. The number of hydrogen-bond acceptors (Lipinski definition) is 4. The van der Waals surface area contributed by atoms with E-state index >= 15 is 0 Å². The van der Waals surface area contributed by atoms with Crippen molar-refractivity contribution in [3.05, 3.63) is 23.8 Å². The van der Waals surface area contributed by atoms with Crippen molar-refractivity contribution in [2.45, 2.75) is 6.92 Å². The van der Waals surface area contributed by atoms with Gasteiger partial charge in [-0.2, -0.15) is 4.98 Å². The first-order valence-corrected chi connectivity index (χ1v) is 5.37. The van der Waals surface area contributed by atoms with E-state index in [2.05, 4.69) is 9.97 Å². The number of amides is 1. The highest BCUT2D eigenvalue weighted by Gasteiger charge is 2.11. The number of H-pyrrole nitrogens is 1. The molecule has 0 fully saturated rings. The Morgan fingerprint density at radius 2 is 2.06 bits per heavy atom. The number of aromatic amines is 1. The van der Waals surface area contributed by atoms with E-state index in [1.54, 1.807) is 32.3 Å². The molecule has 0 radical (unpaired) electrons. The van der Waals surface area contributed by atoms with Gasteiger partial charge in [-0.25, -0.2) is 0 Å². The second-order valence-corrected chi connectivity index (χ2v) is 4.07. The molecule has 1 N–H and O–H groups in total. The van der Waals surface area contributed by atoms with E-state index < -0.39 is 5.97 Å². The summed E-state index contributed by atoms with van der Waals surface area (Å²) < 4.78 is 4.85. The highest BCUT2D eigenvalue weighted by molar-refractivity contribution is 5.97. The molecule has 1 aromatic carbocycles. The van der Waals surface area contributed by atoms with Gasteiger partial charge in [0.1, 0.15) is 0 Å². The van der Waals surface area contributed by atoms with Gasteiger partial charge >= 0.3 is 12.0 Å². The minimum Gasteiger partial charge on any atom is -0.392 e. The number of hydrogen-bond donors (Lipinski definition) is 1. The summed E-state index contributed by atoms with van der Waals surface area (Å²) in [6.45, 7) is 1.30. The first-order chi connectivity index (χ1) is 8.47. The van der Waals surface area contributed by atoms with Crippen molar-refractivity contribution in [1.29, 1.82) is 0 Å². The Hall–Kier alpha value is -2.37. The molecule has 0 aliphatic heterocycles. The number of carbonyl (C=O) groups is 2. The number of fused-ring (bicyclic) bond motifs is 1. The van der Waals surface area contributed by atoms with Gasteiger partial charge in [-0.15, -0.1) is 0 Å². The van der Waals surface area contributed by atoms with Crippen LogP contribution in [0.25, 0.3) is 11.0 Å². The van der Waals surface area contributed by atoms with Crippen LogP contribution in [0.4, 0.5) is 0 Å². The molecule has 18 heavy (non-hydrogen) atoms. The summed E-state index contributed by atoms with van der Waals surface area (Å²) in [6, 6.07) is 5.20. The minimum absolute atomic E-state index is 0.0967. The Labute approximate surface area is 104 Å². The van der Waals surface area contributed by atoms with Gasteiger partial charge < -0.3 is 14.6 Å². The van der Waals surface area contributed by atoms with E-state index in [0.717, 1.165) is 0 Å². The first kappa shape index (κ1) is 12.1. The van der Waals surface area contributed by atoms with Gasteiger partial charge in [-0.1, -0.05) is 0 Å². The monoisotopic (exact) mass is 247 g/mol. The quantitative estimate of drug-likeness (QED) is 0.809. The fourth-order valence-corrected chi connectivity index (χ4v) is 1.56. The molecule has 1 aromatic heterocycles. The Balaban J connectivity index is 2.39. The molecule has 0 bridgehead atoms. The average molecular weight is 247 g/mol. The zero-order valence-electron chi connectivity index (χ0n) is 10.4. The molecular weight excluding hydrogens is 234 g/mol. The highest BCUT2D eigenvalue weighted by Crippen LogP contribution is 2.18. The third-order valence-corrected chi connectivity index (χ3v) is 2.35. The van der Waals surface area contributed by atoms with Crippen molar-refractivity contribution in [1.82, 2.24) is 14.9 Å². The van der Waals surface area contributed by atoms with Crippen LogP contribution >= 0.6 is 0 Å². The summed E-state index contributed by atoms with van der Waals surface area (Å²) in [4.78, 5) is 31.0. The molecule has 0 aliphatic rings. The first-order valence-electron chi connectivity index (χ1n) is 5.37. The van der Waals surface area contributed by atoms with Gasteiger partial charge in [0, 0.05) is 26.6 Å². The lowest BCUT2D eigenvalue weighted by Gasteiger charge is -2.09. The van der Waals surface area contributed by atoms with Gasteiger partial charge in [0.25, 0.3) is 5.91 Å². The van der Waals surface area contributed by atoms with E-state index in [1.165, 1.54) is 11.8 Å². The molecule has 94 valence electrons. The molecule has 6 heteroatoms. The lowest BCUT2D eigenvalue weighted by molar-refractivity contribution is -0.132. The molecule has 1 amide bonds. The molecule has 0 saturated carbocycles. The largest absolute Gasteiger partial charge is 0.392 e. The third kappa shape index (κ3) is 2.32. The topological polar surface area (TPSA) is 75.3 Å². The van der Waals surface area contributed by atoms with E-state index in [-0.39, 0.29) is 11.9 Å². The number of ether oxygens (including phenoxy) is 1. The fourth-order valence-electron chi connectivity index (χ4n) is 1.56. The normalized spacial score (nSPS) is 10.4. The maximum absolute atomic E-state index is 11.8. The number of nitrogens with one attached hydrogen (secondary N) is 1. The fraction of sp³-hybridized carbons (Fsp3) is 0.250. The van der Waals surface area contributed by atoms with Crippen molar-refractivity contribution >= 4 is 22.9 Å². The van der Waals surface area contributed by atoms with Crippen molar-refractivity contribution < 1.29 is 14.3 Å². The zero-order chi connectivity index (χ0) is 13.3. The van der Waals surface area contributed by atoms with Crippen LogP contribution in [0.1, 0.15) is 17.3 Å². The van der Waals surface area contributed by atoms with E-state index in [9.17, 15) is 9.59 Å². The van der Waals surface area contributed by atoms with Crippen LogP contribution in [0.15, 0.2) is 18.2 Å². The van der Waals surface area contributed by atoms with Crippen LogP contribution in [0.2, 0.25) is 0 Å².